The first-order chi connectivity index (χ1) is 13.5. The van der Waals surface area contributed by atoms with E-state index < -0.39 is 15.9 Å². The molecule has 1 aromatic heterocycles. The molecule has 0 atom stereocenters. The highest BCUT2D eigenvalue weighted by molar-refractivity contribution is 7.89. The summed E-state index contributed by atoms with van der Waals surface area (Å²) in [6.45, 7) is 4.25. The highest BCUT2D eigenvalue weighted by Gasteiger charge is 2.22. The molecule has 0 saturated heterocycles. The SMILES string of the molecule is CCN(CC)S(=O)(=O)c1cccc(C(=O)Nc2n[nH]c(-c3ccccc3)n2)c1. The van der Waals surface area contributed by atoms with E-state index in [9.17, 15) is 13.2 Å². The first-order valence-electron chi connectivity index (χ1n) is 8.85. The molecule has 1 amide bonds. The zero-order valence-electron chi connectivity index (χ0n) is 15.6. The quantitative estimate of drug-likeness (QED) is 0.635. The second-order valence-corrected chi connectivity index (χ2v) is 7.88. The molecule has 0 radical (unpaired) electrons. The van der Waals surface area contributed by atoms with Crippen LogP contribution in [0.25, 0.3) is 11.4 Å². The molecule has 3 rings (SSSR count). The number of carbonyl (C=O) groups excluding carboxylic acids is 1. The summed E-state index contributed by atoms with van der Waals surface area (Å²) in [5, 5.41) is 9.34. The molecule has 3 aromatic rings. The molecule has 1 heterocycles. The topological polar surface area (TPSA) is 108 Å². The Labute approximate surface area is 163 Å². The van der Waals surface area contributed by atoms with Gasteiger partial charge >= 0.3 is 0 Å². The van der Waals surface area contributed by atoms with E-state index in [0.29, 0.717) is 18.9 Å². The average Bonchev–Trinajstić information content (AvgIpc) is 3.18. The van der Waals surface area contributed by atoms with Gasteiger partial charge in [-0.05, 0) is 18.2 Å². The summed E-state index contributed by atoms with van der Waals surface area (Å²) in [4.78, 5) is 16.9. The summed E-state index contributed by atoms with van der Waals surface area (Å²) >= 11 is 0. The van der Waals surface area contributed by atoms with Gasteiger partial charge in [-0.2, -0.15) is 9.29 Å². The van der Waals surface area contributed by atoms with E-state index in [2.05, 4.69) is 20.5 Å². The maximum atomic E-state index is 12.7. The van der Waals surface area contributed by atoms with Gasteiger partial charge in [0, 0.05) is 24.2 Å². The van der Waals surface area contributed by atoms with Crippen molar-refractivity contribution >= 4 is 21.9 Å². The van der Waals surface area contributed by atoms with E-state index in [0.717, 1.165) is 5.56 Å². The number of carbonyl (C=O) groups is 1. The molecule has 9 heteroatoms. The van der Waals surface area contributed by atoms with Crippen LogP contribution in [0, 0.1) is 0 Å². The van der Waals surface area contributed by atoms with Gasteiger partial charge in [-0.3, -0.25) is 15.2 Å². The van der Waals surface area contributed by atoms with E-state index in [1.54, 1.807) is 26.0 Å². The molecule has 146 valence electrons. The summed E-state index contributed by atoms with van der Waals surface area (Å²) in [5.41, 5.74) is 1.04. The molecule has 0 aliphatic heterocycles. The predicted molar refractivity (Wildman–Crippen MR) is 106 cm³/mol. The lowest BCUT2D eigenvalue weighted by Gasteiger charge is -2.18. The summed E-state index contributed by atoms with van der Waals surface area (Å²) in [6.07, 6.45) is 0. The number of aromatic amines is 1. The highest BCUT2D eigenvalue weighted by atomic mass is 32.2. The largest absolute Gasteiger partial charge is 0.289 e. The van der Waals surface area contributed by atoms with Crippen molar-refractivity contribution in [2.75, 3.05) is 18.4 Å². The van der Waals surface area contributed by atoms with Crippen LogP contribution in [0.3, 0.4) is 0 Å². The summed E-state index contributed by atoms with van der Waals surface area (Å²) < 4.78 is 26.6. The third-order valence-electron chi connectivity index (χ3n) is 4.20. The Morgan fingerprint density at radius 3 is 2.46 bits per heavy atom. The molecule has 0 saturated carbocycles. The lowest BCUT2D eigenvalue weighted by molar-refractivity contribution is 0.102. The van der Waals surface area contributed by atoms with Crippen molar-refractivity contribution in [2.24, 2.45) is 0 Å². The molecular formula is C19H21N5O3S. The van der Waals surface area contributed by atoms with Gasteiger partial charge in [-0.1, -0.05) is 50.2 Å². The Hall–Kier alpha value is -3.04. The van der Waals surface area contributed by atoms with Crippen LogP contribution in [0.15, 0.2) is 59.5 Å². The number of nitrogens with one attached hydrogen (secondary N) is 2. The van der Waals surface area contributed by atoms with Gasteiger partial charge in [0.2, 0.25) is 16.0 Å². The molecule has 0 aliphatic carbocycles. The van der Waals surface area contributed by atoms with Crippen molar-refractivity contribution in [3.8, 4) is 11.4 Å². The molecule has 2 aromatic carbocycles. The van der Waals surface area contributed by atoms with E-state index in [1.165, 1.54) is 16.4 Å². The Bertz CT molecular complexity index is 1060. The number of hydrogen-bond acceptors (Lipinski definition) is 5. The zero-order chi connectivity index (χ0) is 20.1. The standard InChI is InChI=1S/C19H21N5O3S/c1-3-24(4-2)28(26,27)16-12-8-11-15(13-16)18(25)21-19-20-17(22-23-19)14-9-6-5-7-10-14/h5-13H,3-4H2,1-2H3,(H2,20,21,22,23,25). The minimum atomic E-state index is -3.65. The molecule has 0 unspecified atom stereocenters. The second-order valence-electron chi connectivity index (χ2n) is 5.94. The highest BCUT2D eigenvalue weighted by Crippen LogP contribution is 2.18. The number of benzene rings is 2. The van der Waals surface area contributed by atoms with Crippen LogP contribution >= 0.6 is 0 Å². The fourth-order valence-corrected chi connectivity index (χ4v) is 4.23. The number of sulfonamides is 1. The van der Waals surface area contributed by atoms with Gasteiger partial charge in [-0.25, -0.2) is 8.42 Å². The van der Waals surface area contributed by atoms with Crippen LogP contribution in [0.2, 0.25) is 0 Å². The van der Waals surface area contributed by atoms with Crippen LogP contribution in [0.1, 0.15) is 24.2 Å². The van der Waals surface area contributed by atoms with Gasteiger partial charge < -0.3 is 0 Å². The summed E-state index contributed by atoms with van der Waals surface area (Å²) in [6, 6.07) is 15.3. The Morgan fingerprint density at radius 2 is 1.79 bits per heavy atom. The lowest BCUT2D eigenvalue weighted by atomic mass is 10.2. The predicted octanol–water partition coefficient (Wildman–Crippen LogP) is 2.75. The number of anilines is 1. The van der Waals surface area contributed by atoms with Crippen molar-refractivity contribution < 1.29 is 13.2 Å². The average molecular weight is 399 g/mol. The fraction of sp³-hybridized carbons (Fsp3) is 0.211. The first kappa shape index (κ1) is 19.7. The number of amides is 1. The van der Waals surface area contributed by atoms with Gasteiger partial charge in [0.25, 0.3) is 5.91 Å². The Morgan fingerprint density at radius 1 is 1.07 bits per heavy atom. The third-order valence-corrected chi connectivity index (χ3v) is 6.24. The zero-order valence-corrected chi connectivity index (χ0v) is 16.4. The number of nitrogens with zero attached hydrogens (tertiary/aromatic N) is 3. The normalized spacial score (nSPS) is 11.5. The fourth-order valence-electron chi connectivity index (χ4n) is 2.73. The maximum absolute atomic E-state index is 12.7. The minimum absolute atomic E-state index is 0.0730. The van der Waals surface area contributed by atoms with Crippen molar-refractivity contribution in [2.45, 2.75) is 18.7 Å². The Kier molecular flexibility index (Phi) is 5.86. The number of aromatic nitrogens is 3. The van der Waals surface area contributed by atoms with E-state index >= 15 is 0 Å². The molecule has 0 spiro atoms. The monoisotopic (exact) mass is 399 g/mol. The van der Waals surface area contributed by atoms with E-state index in [-0.39, 0.29) is 16.4 Å². The van der Waals surface area contributed by atoms with Crippen LogP contribution in [-0.2, 0) is 10.0 Å². The van der Waals surface area contributed by atoms with Gasteiger partial charge in [0.1, 0.15) is 0 Å². The molecular weight excluding hydrogens is 378 g/mol. The Balaban J connectivity index is 1.80. The molecule has 0 bridgehead atoms. The third kappa shape index (κ3) is 4.10. The van der Waals surface area contributed by atoms with E-state index in [4.69, 9.17) is 0 Å². The van der Waals surface area contributed by atoms with Gasteiger partial charge in [0.05, 0.1) is 4.90 Å². The van der Waals surface area contributed by atoms with E-state index in [1.807, 2.05) is 30.3 Å². The summed E-state index contributed by atoms with van der Waals surface area (Å²) in [5.74, 6) is 0.143. The van der Waals surface area contributed by atoms with Crippen molar-refractivity contribution in [3.05, 3.63) is 60.2 Å². The lowest BCUT2D eigenvalue weighted by Crippen LogP contribution is -2.30. The molecule has 2 N–H and O–H groups in total. The number of rotatable bonds is 7. The van der Waals surface area contributed by atoms with Gasteiger partial charge in [-0.15, -0.1) is 5.10 Å². The van der Waals surface area contributed by atoms with Crippen molar-refractivity contribution in [3.63, 3.8) is 0 Å². The number of H-pyrrole nitrogens is 1. The molecule has 8 nitrogen and oxygen atoms in total. The van der Waals surface area contributed by atoms with Crippen molar-refractivity contribution in [1.82, 2.24) is 19.5 Å². The molecule has 28 heavy (non-hydrogen) atoms. The summed E-state index contributed by atoms with van der Waals surface area (Å²) in [7, 11) is -3.65. The van der Waals surface area contributed by atoms with Crippen LogP contribution in [-0.4, -0.2) is 46.9 Å². The van der Waals surface area contributed by atoms with Crippen LogP contribution < -0.4 is 5.32 Å². The van der Waals surface area contributed by atoms with Gasteiger partial charge in [0.15, 0.2) is 5.82 Å². The number of hydrogen-bond donors (Lipinski definition) is 2. The van der Waals surface area contributed by atoms with Crippen molar-refractivity contribution in [1.29, 1.82) is 0 Å². The second kappa shape index (κ2) is 8.32. The van der Waals surface area contributed by atoms with Crippen LogP contribution in [0.5, 0.6) is 0 Å². The first-order valence-corrected chi connectivity index (χ1v) is 10.3. The molecule has 0 aliphatic rings. The maximum Gasteiger partial charge on any atom is 0.258 e. The smallest absolute Gasteiger partial charge is 0.258 e. The minimum Gasteiger partial charge on any atom is -0.289 e. The molecule has 0 fully saturated rings. The van der Waals surface area contributed by atoms with Crippen LogP contribution in [0.4, 0.5) is 5.95 Å².